The van der Waals surface area contributed by atoms with Gasteiger partial charge in [0.05, 0.1) is 18.2 Å². The number of benzene rings is 2. The van der Waals surface area contributed by atoms with Crippen molar-refractivity contribution in [2.45, 2.75) is 12.5 Å². The van der Waals surface area contributed by atoms with Gasteiger partial charge in [-0.25, -0.2) is 0 Å². The standard InChI is InChI=1S/C24H21ClN2O3S/c1-2-23(28)26-8-9-27-15(14-26)6-10-30-21-13-18(20(25)12-19(21)24(27)29)16-4-3-5-22-17(16)7-11-31-22/h2-5,7,11-13,15H,1,6,8-10,14H2/t15-/m0/s1. The van der Waals surface area contributed by atoms with E-state index in [2.05, 4.69) is 24.1 Å². The van der Waals surface area contributed by atoms with Crippen LogP contribution < -0.4 is 4.74 Å². The molecule has 0 saturated carbocycles. The molecule has 1 fully saturated rings. The molecule has 3 aromatic rings. The molecule has 1 saturated heterocycles. The molecule has 0 aliphatic carbocycles. The molecular weight excluding hydrogens is 432 g/mol. The summed E-state index contributed by atoms with van der Waals surface area (Å²) in [6.07, 6.45) is 1.98. The van der Waals surface area contributed by atoms with Crippen LogP contribution in [-0.4, -0.2) is 53.9 Å². The zero-order valence-electron chi connectivity index (χ0n) is 16.8. The number of ether oxygens (including phenoxy) is 1. The topological polar surface area (TPSA) is 49.9 Å². The predicted octanol–water partition coefficient (Wildman–Crippen LogP) is 4.84. The fourth-order valence-electron chi connectivity index (χ4n) is 4.43. The molecule has 0 unspecified atom stereocenters. The third-order valence-corrected chi connectivity index (χ3v) is 7.22. The SMILES string of the molecule is C=CC(=O)N1CCN2C(=O)c3cc(Cl)c(-c4cccc5sccc45)cc3OCC[C@H]2C1. The number of rotatable bonds is 2. The van der Waals surface area contributed by atoms with E-state index >= 15 is 0 Å². The fraction of sp³-hybridized carbons (Fsp3) is 0.250. The van der Waals surface area contributed by atoms with Gasteiger partial charge in [0.25, 0.3) is 5.91 Å². The monoisotopic (exact) mass is 452 g/mol. The molecule has 5 rings (SSSR count). The Morgan fingerprint density at radius 1 is 1.19 bits per heavy atom. The van der Waals surface area contributed by atoms with Crippen LogP contribution in [0.3, 0.4) is 0 Å². The van der Waals surface area contributed by atoms with Crippen molar-refractivity contribution in [2.24, 2.45) is 0 Å². The largest absolute Gasteiger partial charge is 0.493 e. The van der Waals surface area contributed by atoms with Crippen LogP contribution in [0.25, 0.3) is 21.2 Å². The molecule has 0 bridgehead atoms. The van der Waals surface area contributed by atoms with Gasteiger partial charge in [0.1, 0.15) is 5.75 Å². The molecule has 158 valence electrons. The second kappa shape index (κ2) is 8.02. The lowest BCUT2D eigenvalue weighted by atomic mass is 9.98. The Hall–Kier alpha value is -2.83. The summed E-state index contributed by atoms with van der Waals surface area (Å²) in [5.74, 6) is 0.345. The lowest BCUT2D eigenvalue weighted by molar-refractivity contribution is -0.128. The van der Waals surface area contributed by atoms with Crippen LogP contribution in [0.5, 0.6) is 5.75 Å². The minimum absolute atomic E-state index is 0.0868. The Balaban J connectivity index is 1.52. The van der Waals surface area contributed by atoms with Gasteiger partial charge in [0.2, 0.25) is 5.91 Å². The summed E-state index contributed by atoms with van der Waals surface area (Å²) in [6, 6.07) is 11.8. The minimum Gasteiger partial charge on any atom is -0.493 e. The maximum Gasteiger partial charge on any atom is 0.258 e. The van der Waals surface area contributed by atoms with Crippen LogP contribution in [0.2, 0.25) is 5.02 Å². The smallest absolute Gasteiger partial charge is 0.258 e. The molecule has 0 N–H and O–H groups in total. The van der Waals surface area contributed by atoms with Crippen LogP contribution in [-0.2, 0) is 4.79 Å². The average molecular weight is 453 g/mol. The first-order valence-corrected chi connectivity index (χ1v) is 11.5. The second-order valence-electron chi connectivity index (χ2n) is 7.74. The number of halogens is 1. The van der Waals surface area contributed by atoms with Gasteiger partial charge >= 0.3 is 0 Å². The Morgan fingerprint density at radius 2 is 2.06 bits per heavy atom. The normalized spacial score (nSPS) is 18.6. The van der Waals surface area contributed by atoms with Gasteiger partial charge < -0.3 is 14.5 Å². The summed E-state index contributed by atoms with van der Waals surface area (Å²) in [4.78, 5) is 29.0. The third kappa shape index (κ3) is 3.50. The average Bonchev–Trinajstić information content (AvgIpc) is 3.27. The lowest BCUT2D eigenvalue weighted by Gasteiger charge is -2.42. The van der Waals surface area contributed by atoms with E-state index in [0.717, 1.165) is 16.5 Å². The van der Waals surface area contributed by atoms with Gasteiger partial charge in [-0.15, -0.1) is 11.3 Å². The van der Waals surface area contributed by atoms with Gasteiger partial charge in [-0.2, -0.15) is 0 Å². The van der Waals surface area contributed by atoms with Crippen LogP contribution in [0.1, 0.15) is 16.8 Å². The number of carbonyl (C=O) groups is 2. The van der Waals surface area contributed by atoms with Crippen molar-refractivity contribution in [1.82, 2.24) is 9.80 Å². The number of nitrogens with zero attached hydrogens (tertiary/aromatic N) is 2. The highest BCUT2D eigenvalue weighted by atomic mass is 35.5. The number of amides is 2. The second-order valence-corrected chi connectivity index (χ2v) is 9.10. The van der Waals surface area contributed by atoms with E-state index in [1.165, 1.54) is 10.8 Å². The van der Waals surface area contributed by atoms with E-state index in [4.69, 9.17) is 16.3 Å². The van der Waals surface area contributed by atoms with E-state index in [1.807, 2.05) is 23.1 Å². The lowest BCUT2D eigenvalue weighted by Crippen LogP contribution is -2.57. The minimum atomic E-state index is -0.106. The summed E-state index contributed by atoms with van der Waals surface area (Å²) in [7, 11) is 0. The van der Waals surface area contributed by atoms with E-state index in [1.54, 1.807) is 22.3 Å². The summed E-state index contributed by atoms with van der Waals surface area (Å²) in [5, 5.41) is 3.72. The van der Waals surface area contributed by atoms with E-state index < -0.39 is 0 Å². The Bertz CT molecular complexity index is 1200. The van der Waals surface area contributed by atoms with Crippen molar-refractivity contribution >= 4 is 44.8 Å². The van der Waals surface area contributed by atoms with Crippen molar-refractivity contribution in [2.75, 3.05) is 26.2 Å². The summed E-state index contributed by atoms with van der Waals surface area (Å²) in [6.45, 7) is 5.49. The van der Waals surface area contributed by atoms with Gasteiger partial charge in [0, 0.05) is 46.7 Å². The van der Waals surface area contributed by atoms with Crippen LogP contribution >= 0.6 is 22.9 Å². The molecule has 2 amide bonds. The number of piperazine rings is 1. The predicted molar refractivity (Wildman–Crippen MR) is 124 cm³/mol. The fourth-order valence-corrected chi connectivity index (χ4v) is 5.51. The van der Waals surface area contributed by atoms with E-state index in [0.29, 0.717) is 49.0 Å². The number of thiophene rings is 1. The van der Waals surface area contributed by atoms with E-state index in [-0.39, 0.29) is 17.9 Å². The van der Waals surface area contributed by atoms with Crippen LogP contribution in [0, 0.1) is 0 Å². The number of hydrogen-bond donors (Lipinski definition) is 0. The maximum atomic E-state index is 13.4. The number of fused-ring (bicyclic) bond motifs is 3. The van der Waals surface area contributed by atoms with Crippen LogP contribution in [0.4, 0.5) is 0 Å². The highest BCUT2D eigenvalue weighted by Crippen LogP contribution is 2.40. The Morgan fingerprint density at radius 3 is 2.90 bits per heavy atom. The van der Waals surface area contributed by atoms with Crippen molar-refractivity contribution < 1.29 is 14.3 Å². The van der Waals surface area contributed by atoms with Crippen molar-refractivity contribution in [3.8, 4) is 16.9 Å². The molecule has 2 aromatic carbocycles. The van der Waals surface area contributed by atoms with E-state index in [9.17, 15) is 9.59 Å². The molecule has 7 heteroatoms. The molecule has 1 atom stereocenters. The molecule has 5 nitrogen and oxygen atoms in total. The van der Waals surface area contributed by atoms with Crippen molar-refractivity contribution in [3.05, 3.63) is 65.0 Å². The molecule has 2 aliphatic heterocycles. The molecule has 0 radical (unpaired) electrons. The molecule has 2 aliphatic rings. The number of carbonyl (C=O) groups excluding carboxylic acids is 2. The zero-order valence-corrected chi connectivity index (χ0v) is 18.4. The van der Waals surface area contributed by atoms with Crippen molar-refractivity contribution in [3.63, 3.8) is 0 Å². The highest BCUT2D eigenvalue weighted by Gasteiger charge is 2.35. The van der Waals surface area contributed by atoms with Crippen molar-refractivity contribution in [1.29, 1.82) is 0 Å². The Kier molecular flexibility index (Phi) is 5.20. The maximum absolute atomic E-state index is 13.4. The van der Waals surface area contributed by atoms with Gasteiger partial charge in [-0.3, -0.25) is 9.59 Å². The first kappa shape index (κ1) is 20.1. The third-order valence-electron chi connectivity index (χ3n) is 6.02. The zero-order chi connectivity index (χ0) is 21.5. The molecule has 1 aromatic heterocycles. The highest BCUT2D eigenvalue weighted by molar-refractivity contribution is 7.17. The molecule has 3 heterocycles. The summed E-state index contributed by atoms with van der Waals surface area (Å²) >= 11 is 8.38. The Labute approximate surface area is 189 Å². The van der Waals surface area contributed by atoms with Gasteiger partial charge in [-0.1, -0.05) is 30.3 Å². The number of hydrogen-bond acceptors (Lipinski definition) is 4. The van der Waals surface area contributed by atoms with Gasteiger partial charge in [-0.05, 0) is 41.3 Å². The molecular formula is C24H21ClN2O3S. The molecule has 31 heavy (non-hydrogen) atoms. The molecule has 0 spiro atoms. The first-order chi connectivity index (χ1) is 15.1. The quantitative estimate of drug-likeness (QED) is 0.522. The van der Waals surface area contributed by atoms with Gasteiger partial charge in [0.15, 0.2) is 0 Å². The van der Waals surface area contributed by atoms with Crippen LogP contribution in [0.15, 0.2) is 54.4 Å². The first-order valence-electron chi connectivity index (χ1n) is 10.2. The summed E-state index contributed by atoms with van der Waals surface area (Å²) < 4.78 is 7.24. The summed E-state index contributed by atoms with van der Waals surface area (Å²) in [5.41, 5.74) is 2.36.